The monoisotopic (exact) mass is 345 g/mol. The number of aromatic nitrogens is 2. The number of carbonyl (C=O) groups is 1. The van der Waals surface area contributed by atoms with E-state index in [-0.39, 0.29) is 12.3 Å². The fourth-order valence-electron chi connectivity index (χ4n) is 2.93. The quantitative estimate of drug-likeness (QED) is 0.870. The lowest BCUT2D eigenvalue weighted by Gasteiger charge is -2.22. The average Bonchev–Trinajstić information content (AvgIpc) is 3.10. The lowest BCUT2D eigenvalue weighted by Crippen LogP contribution is -2.20. The summed E-state index contributed by atoms with van der Waals surface area (Å²) in [7, 11) is 3.16. The molecule has 1 fully saturated rings. The Labute approximate surface area is 146 Å². The second-order valence-corrected chi connectivity index (χ2v) is 5.97. The summed E-state index contributed by atoms with van der Waals surface area (Å²) in [5.41, 5.74) is 1.56. The molecule has 1 aliphatic heterocycles. The normalized spacial score (nSPS) is 15.0. The number of nitrogens with one attached hydrogen (secondary N) is 1. The standard InChI is InChI=1S/C18H23N3O4/c1-23-16-4-3-13(9-17(16)24-2)10-18(22)20-14-11-19-21(12-14)15-5-7-25-8-6-15/h3-4,9,11-12,15H,5-8,10H2,1-2H3,(H,20,22). The molecule has 0 bridgehead atoms. The third-order valence-corrected chi connectivity index (χ3v) is 4.26. The number of carbonyl (C=O) groups excluding carboxylic acids is 1. The van der Waals surface area contributed by atoms with Crippen LogP contribution in [0.1, 0.15) is 24.4 Å². The second-order valence-electron chi connectivity index (χ2n) is 5.97. The Bertz CT molecular complexity index is 723. The van der Waals surface area contributed by atoms with Crippen molar-refractivity contribution in [3.8, 4) is 11.5 Å². The summed E-state index contributed by atoms with van der Waals surface area (Å²) in [5.74, 6) is 1.16. The summed E-state index contributed by atoms with van der Waals surface area (Å²) in [6.45, 7) is 1.51. The van der Waals surface area contributed by atoms with Crippen LogP contribution in [0.3, 0.4) is 0 Å². The fourth-order valence-corrected chi connectivity index (χ4v) is 2.93. The van der Waals surface area contributed by atoms with Gasteiger partial charge in [0, 0.05) is 19.4 Å². The van der Waals surface area contributed by atoms with Gasteiger partial charge in [0.1, 0.15) is 0 Å². The van der Waals surface area contributed by atoms with Gasteiger partial charge < -0.3 is 19.5 Å². The maximum atomic E-state index is 12.3. The van der Waals surface area contributed by atoms with Gasteiger partial charge in [-0.05, 0) is 30.5 Å². The Morgan fingerprint density at radius 3 is 2.76 bits per heavy atom. The van der Waals surface area contributed by atoms with Gasteiger partial charge in [0.25, 0.3) is 0 Å². The Hall–Kier alpha value is -2.54. The first-order valence-electron chi connectivity index (χ1n) is 8.32. The van der Waals surface area contributed by atoms with Gasteiger partial charge in [-0.3, -0.25) is 9.48 Å². The van der Waals surface area contributed by atoms with Crippen molar-refractivity contribution in [3.05, 3.63) is 36.2 Å². The highest BCUT2D eigenvalue weighted by molar-refractivity contribution is 5.92. The van der Waals surface area contributed by atoms with E-state index in [0.717, 1.165) is 31.6 Å². The predicted octanol–water partition coefficient (Wildman–Crippen LogP) is 2.43. The van der Waals surface area contributed by atoms with E-state index in [2.05, 4.69) is 10.4 Å². The topological polar surface area (TPSA) is 74.6 Å². The Morgan fingerprint density at radius 2 is 2.04 bits per heavy atom. The van der Waals surface area contributed by atoms with Crippen molar-refractivity contribution in [3.63, 3.8) is 0 Å². The molecule has 0 atom stereocenters. The van der Waals surface area contributed by atoms with E-state index in [1.54, 1.807) is 26.5 Å². The number of hydrogen-bond acceptors (Lipinski definition) is 5. The number of hydrogen-bond donors (Lipinski definition) is 1. The number of anilines is 1. The Kier molecular flexibility index (Phi) is 5.55. The predicted molar refractivity (Wildman–Crippen MR) is 93.2 cm³/mol. The van der Waals surface area contributed by atoms with E-state index < -0.39 is 0 Å². The van der Waals surface area contributed by atoms with Crippen LogP contribution in [0.2, 0.25) is 0 Å². The summed E-state index contributed by atoms with van der Waals surface area (Å²) in [6.07, 6.45) is 5.70. The average molecular weight is 345 g/mol. The van der Waals surface area contributed by atoms with Gasteiger partial charge in [-0.1, -0.05) is 6.07 Å². The molecule has 1 amide bonds. The van der Waals surface area contributed by atoms with Gasteiger partial charge in [0.15, 0.2) is 11.5 Å². The van der Waals surface area contributed by atoms with Crippen LogP contribution in [-0.2, 0) is 16.0 Å². The molecule has 134 valence electrons. The first kappa shape index (κ1) is 17.3. The molecule has 1 N–H and O–H groups in total. The van der Waals surface area contributed by atoms with Crippen LogP contribution in [0.5, 0.6) is 11.5 Å². The van der Waals surface area contributed by atoms with Crippen molar-refractivity contribution in [1.82, 2.24) is 9.78 Å². The minimum Gasteiger partial charge on any atom is -0.493 e. The third-order valence-electron chi connectivity index (χ3n) is 4.26. The zero-order valence-electron chi connectivity index (χ0n) is 14.5. The van der Waals surface area contributed by atoms with Crippen molar-refractivity contribution in [2.75, 3.05) is 32.8 Å². The molecule has 25 heavy (non-hydrogen) atoms. The molecule has 2 heterocycles. The minimum absolute atomic E-state index is 0.0984. The maximum absolute atomic E-state index is 12.3. The molecule has 7 nitrogen and oxygen atoms in total. The molecular weight excluding hydrogens is 322 g/mol. The lowest BCUT2D eigenvalue weighted by molar-refractivity contribution is -0.115. The van der Waals surface area contributed by atoms with Gasteiger partial charge in [-0.25, -0.2) is 0 Å². The van der Waals surface area contributed by atoms with E-state index in [9.17, 15) is 4.79 Å². The molecule has 2 aromatic rings. The Balaban J connectivity index is 1.60. The first-order valence-corrected chi connectivity index (χ1v) is 8.32. The number of methoxy groups -OCH3 is 2. The highest BCUT2D eigenvalue weighted by atomic mass is 16.5. The molecule has 7 heteroatoms. The molecule has 0 saturated carbocycles. The molecule has 1 saturated heterocycles. The highest BCUT2D eigenvalue weighted by Gasteiger charge is 2.17. The van der Waals surface area contributed by atoms with Crippen molar-refractivity contribution in [1.29, 1.82) is 0 Å². The molecule has 0 radical (unpaired) electrons. The minimum atomic E-state index is -0.0984. The lowest BCUT2D eigenvalue weighted by atomic mass is 10.1. The number of ether oxygens (including phenoxy) is 3. The summed E-state index contributed by atoms with van der Waals surface area (Å²) in [6, 6.07) is 5.80. The first-order chi connectivity index (χ1) is 12.2. The van der Waals surface area contributed by atoms with Gasteiger partial charge in [0.2, 0.25) is 5.91 Å². The zero-order chi connectivity index (χ0) is 17.6. The number of amides is 1. The van der Waals surface area contributed by atoms with Crippen LogP contribution in [-0.4, -0.2) is 43.1 Å². The van der Waals surface area contributed by atoms with Crippen molar-refractivity contribution >= 4 is 11.6 Å². The molecule has 0 spiro atoms. The van der Waals surface area contributed by atoms with Crippen LogP contribution < -0.4 is 14.8 Å². The molecule has 3 rings (SSSR count). The Morgan fingerprint density at radius 1 is 1.28 bits per heavy atom. The fraction of sp³-hybridized carbons (Fsp3) is 0.444. The van der Waals surface area contributed by atoms with E-state index in [1.165, 1.54) is 0 Å². The third kappa shape index (κ3) is 4.30. The van der Waals surface area contributed by atoms with Crippen molar-refractivity contribution in [2.45, 2.75) is 25.3 Å². The molecular formula is C18H23N3O4. The SMILES string of the molecule is COc1ccc(CC(=O)Nc2cnn(C3CCOCC3)c2)cc1OC. The van der Waals surface area contributed by atoms with Crippen LogP contribution >= 0.6 is 0 Å². The number of benzene rings is 1. The zero-order valence-corrected chi connectivity index (χ0v) is 14.5. The van der Waals surface area contributed by atoms with E-state index in [4.69, 9.17) is 14.2 Å². The number of nitrogens with zero attached hydrogens (tertiary/aromatic N) is 2. The largest absolute Gasteiger partial charge is 0.493 e. The number of rotatable bonds is 6. The summed E-state index contributed by atoms with van der Waals surface area (Å²) in [5, 5.41) is 7.25. The molecule has 1 aromatic heterocycles. The van der Waals surface area contributed by atoms with Crippen LogP contribution in [0, 0.1) is 0 Å². The van der Waals surface area contributed by atoms with Gasteiger partial charge >= 0.3 is 0 Å². The molecule has 0 aliphatic carbocycles. The second kappa shape index (κ2) is 8.02. The van der Waals surface area contributed by atoms with Crippen LogP contribution in [0.15, 0.2) is 30.6 Å². The molecule has 1 aromatic carbocycles. The van der Waals surface area contributed by atoms with Gasteiger partial charge in [0.05, 0.1) is 38.6 Å². The maximum Gasteiger partial charge on any atom is 0.228 e. The van der Waals surface area contributed by atoms with E-state index in [1.807, 2.05) is 23.0 Å². The van der Waals surface area contributed by atoms with Crippen molar-refractivity contribution < 1.29 is 19.0 Å². The highest BCUT2D eigenvalue weighted by Crippen LogP contribution is 2.28. The summed E-state index contributed by atoms with van der Waals surface area (Å²) >= 11 is 0. The smallest absolute Gasteiger partial charge is 0.228 e. The van der Waals surface area contributed by atoms with E-state index >= 15 is 0 Å². The van der Waals surface area contributed by atoms with Crippen LogP contribution in [0.25, 0.3) is 0 Å². The van der Waals surface area contributed by atoms with Crippen LogP contribution in [0.4, 0.5) is 5.69 Å². The summed E-state index contributed by atoms with van der Waals surface area (Å²) < 4.78 is 17.7. The molecule has 0 unspecified atom stereocenters. The summed E-state index contributed by atoms with van der Waals surface area (Å²) in [4.78, 5) is 12.3. The van der Waals surface area contributed by atoms with Gasteiger partial charge in [-0.15, -0.1) is 0 Å². The van der Waals surface area contributed by atoms with Crippen molar-refractivity contribution in [2.24, 2.45) is 0 Å². The van der Waals surface area contributed by atoms with Gasteiger partial charge in [-0.2, -0.15) is 5.10 Å². The molecule has 1 aliphatic rings. The van der Waals surface area contributed by atoms with E-state index in [0.29, 0.717) is 23.2 Å².